The predicted molar refractivity (Wildman–Crippen MR) is 113 cm³/mol. The molecule has 3 aromatic rings. The number of amides is 1. The second-order valence-corrected chi connectivity index (χ2v) is 6.40. The lowest BCUT2D eigenvalue weighted by Gasteiger charge is -2.08. The molecule has 0 unspecified atom stereocenters. The Kier molecular flexibility index (Phi) is 7.20. The first kappa shape index (κ1) is 22.8. The number of ether oxygens (including phenoxy) is 2. The van der Waals surface area contributed by atoms with Crippen LogP contribution in [0.4, 0.5) is 11.6 Å². The zero-order chi connectivity index (χ0) is 23.8. The van der Waals surface area contributed by atoms with Crippen LogP contribution in [0, 0.1) is 20.2 Å². The van der Waals surface area contributed by atoms with Crippen LogP contribution in [0.25, 0.3) is 0 Å². The summed E-state index contributed by atoms with van der Waals surface area (Å²) in [6, 6.07) is 10.4. The minimum atomic E-state index is -0.690. The van der Waals surface area contributed by atoms with Gasteiger partial charge in [-0.25, -0.2) is 5.43 Å². The third-order valence-corrected chi connectivity index (χ3v) is 4.14. The van der Waals surface area contributed by atoms with E-state index in [1.54, 1.807) is 18.2 Å². The monoisotopic (exact) mass is 455 g/mol. The molecule has 14 heteroatoms. The van der Waals surface area contributed by atoms with Crippen molar-refractivity contribution in [1.82, 2.24) is 20.2 Å². The van der Waals surface area contributed by atoms with Crippen molar-refractivity contribution in [3.05, 3.63) is 80.1 Å². The number of non-ortho nitro benzene ring substituents is 1. The van der Waals surface area contributed by atoms with Crippen LogP contribution in [0.5, 0.6) is 11.5 Å². The largest absolute Gasteiger partial charge is 0.496 e. The summed E-state index contributed by atoms with van der Waals surface area (Å²) in [5, 5.41) is 29.0. The Hall–Kier alpha value is -4.88. The molecule has 0 aliphatic heterocycles. The van der Waals surface area contributed by atoms with Gasteiger partial charge in [0.1, 0.15) is 11.5 Å². The molecule has 2 aromatic carbocycles. The lowest BCUT2D eigenvalue weighted by atomic mass is 10.1. The van der Waals surface area contributed by atoms with E-state index >= 15 is 0 Å². The second kappa shape index (κ2) is 10.4. The van der Waals surface area contributed by atoms with Gasteiger partial charge in [-0.2, -0.15) is 9.78 Å². The Morgan fingerprint density at radius 1 is 1.18 bits per heavy atom. The van der Waals surface area contributed by atoms with Gasteiger partial charge in [-0.15, -0.1) is 0 Å². The molecule has 0 spiro atoms. The smallest absolute Gasteiger partial charge is 0.490 e. The lowest BCUT2D eigenvalue weighted by Crippen LogP contribution is -2.24. The number of nitro groups is 2. The van der Waals surface area contributed by atoms with E-state index in [2.05, 4.69) is 20.6 Å². The van der Waals surface area contributed by atoms with Gasteiger partial charge in [-0.3, -0.25) is 14.9 Å². The molecule has 33 heavy (non-hydrogen) atoms. The Morgan fingerprint density at radius 2 is 1.94 bits per heavy atom. The van der Waals surface area contributed by atoms with E-state index in [4.69, 9.17) is 9.47 Å². The molecule has 0 atom stereocenters. The molecular weight excluding hydrogens is 438 g/mol. The maximum Gasteiger partial charge on any atom is 0.490 e. The van der Waals surface area contributed by atoms with E-state index in [9.17, 15) is 25.0 Å². The Balaban J connectivity index is 1.57. The van der Waals surface area contributed by atoms with Crippen molar-refractivity contribution in [2.75, 3.05) is 13.7 Å². The Labute approximate surface area is 185 Å². The minimum Gasteiger partial charge on any atom is -0.496 e. The second-order valence-electron chi connectivity index (χ2n) is 6.40. The van der Waals surface area contributed by atoms with Crippen molar-refractivity contribution in [3.63, 3.8) is 0 Å². The first-order chi connectivity index (χ1) is 15.9. The van der Waals surface area contributed by atoms with Gasteiger partial charge in [-0.1, -0.05) is 4.98 Å². The number of carbonyl (C=O) groups excluding carboxylic acids is 1. The van der Waals surface area contributed by atoms with E-state index in [0.717, 1.165) is 0 Å². The molecule has 0 fully saturated rings. The number of hydrogen-bond donors (Lipinski definition) is 1. The summed E-state index contributed by atoms with van der Waals surface area (Å²) in [6.45, 7) is -0.171. The van der Waals surface area contributed by atoms with E-state index in [0.29, 0.717) is 22.6 Å². The number of benzene rings is 2. The molecule has 1 amide bonds. The lowest BCUT2D eigenvalue weighted by molar-refractivity contribution is -0.394. The number of nitrogens with zero attached hydrogens (tertiary/aromatic N) is 6. The normalized spacial score (nSPS) is 10.7. The maximum absolute atomic E-state index is 11.9. The van der Waals surface area contributed by atoms with Crippen LogP contribution in [-0.4, -0.2) is 50.4 Å². The number of aromatic nitrogens is 3. The number of hydrogen-bond acceptors (Lipinski definition) is 10. The average molecular weight is 455 g/mol. The van der Waals surface area contributed by atoms with Crippen LogP contribution >= 0.6 is 0 Å². The van der Waals surface area contributed by atoms with Crippen molar-refractivity contribution in [1.29, 1.82) is 0 Å². The van der Waals surface area contributed by atoms with Crippen molar-refractivity contribution < 1.29 is 24.1 Å². The van der Waals surface area contributed by atoms with Crippen LogP contribution < -0.4 is 14.9 Å². The molecule has 0 aliphatic rings. The number of rotatable bonds is 10. The van der Waals surface area contributed by atoms with Crippen molar-refractivity contribution in [3.8, 4) is 11.5 Å². The fourth-order valence-electron chi connectivity index (χ4n) is 2.65. The summed E-state index contributed by atoms with van der Waals surface area (Å²) in [4.78, 5) is 35.6. The number of nitro benzene ring substituents is 1. The first-order valence-corrected chi connectivity index (χ1v) is 9.25. The summed E-state index contributed by atoms with van der Waals surface area (Å²) < 4.78 is 11.9. The zero-order valence-corrected chi connectivity index (χ0v) is 17.2. The zero-order valence-electron chi connectivity index (χ0n) is 17.2. The molecule has 0 saturated heterocycles. The molecule has 0 radical (unpaired) electrons. The van der Waals surface area contributed by atoms with Crippen molar-refractivity contribution in [2.24, 2.45) is 5.10 Å². The number of methoxy groups -OCH3 is 1. The van der Waals surface area contributed by atoms with E-state index in [1.807, 2.05) is 0 Å². The summed E-state index contributed by atoms with van der Waals surface area (Å²) in [5.74, 6) is -0.211. The quantitative estimate of drug-likeness (QED) is 0.270. The fraction of sp³-hybridized carbons (Fsp3) is 0.158. The van der Waals surface area contributed by atoms with E-state index in [1.165, 1.54) is 48.6 Å². The van der Waals surface area contributed by atoms with Crippen LogP contribution in [-0.2, 0) is 11.3 Å². The fourth-order valence-corrected chi connectivity index (χ4v) is 2.65. The Bertz CT molecular complexity index is 1190. The average Bonchev–Trinajstić information content (AvgIpc) is 3.27. The highest BCUT2D eigenvalue weighted by atomic mass is 16.6. The highest BCUT2D eigenvalue weighted by Gasteiger charge is 2.15. The van der Waals surface area contributed by atoms with Gasteiger partial charge < -0.3 is 19.6 Å². The third-order valence-electron chi connectivity index (χ3n) is 4.14. The highest BCUT2D eigenvalue weighted by molar-refractivity contribution is 5.83. The van der Waals surface area contributed by atoms with E-state index in [-0.39, 0.29) is 18.8 Å². The van der Waals surface area contributed by atoms with Gasteiger partial charge in [-0.05, 0) is 40.8 Å². The number of nitrogens with one attached hydrogen (secondary N) is 1. The van der Waals surface area contributed by atoms with Gasteiger partial charge in [0.05, 0.1) is 24.8 Å². The molecule has 0 saturated carbocycles. The molecule has 1 N–H and O–H groups in total. The van der Waals surface area contributed by atoms with Gasteiger partial charge in [0.15, 0.2) is 6.61 Å². The molecule has 1 heterocycles. The van der Waals surface area contributed by atoms with Crippen LogP contribution in [0.2, 0.25) is 0 Å². The van der Waals surface area contributed by atoms with Crippen molar-refractivity contribution >= 4 is 23.8 Å². The molecule has 14 nitrogen and oxygen atoms in total. The van der Waals surface area contributed by atoms with Crippen molar-refractivity contribution in [2.45, 2.75) is 6.54 Å². The van der Waals surface area contributed by atoms with Gasteiger partial charge in [0.2, 0.25) is 6.33 Å². The molecule has 1 aromatic heterocycles. The first-order valence-electron chi connectivity index (χ1n) is 9.25. The maximum atomic E-state index is 11.9. The summed E-state index contributed by atoms with van der Waals surface area (Å²) in [5.41, 5.74) is 3.51. The molecular formula is C19H17N7O7. The SMILES string of the molecule is COc1ccc(/C=N\NC(=O)COc2ccc([N+](=O)[O-])cc2)cc1Cn1cnc([N+](=O)[O-])n1. The van der Waals surface area contributed by atoms with Gasteiger partial charge in [0, 0.05) is 22.8 Å². The summed E-state index contributed by atoms with van der Waals surface area (Å²) >= 11 is 0. The molecule has 170 valence electrons. The minimum absolute atomic E-state index is 0.0858. The topological polar surface area (TPSA) is 177 Å². The van der Waals surface area contributed by atoms with Crippen LogP contribution in [0.3, 0.4) is 0 Å². The summed E-state index contributed by atoms with van der Waals surface area (Å²) in [7, 11) is 1.49. The van der Waals surface area contributed by atoms with Gasteiger partial charge in [0.25, 0.3) is 11.6 Å². The van der Waals surface area contributed by atoms with E-state index < -0.39 is 21.7 Å². The summed E-state index contributed by atoms with van der Waals surface area (Å²) in [6.07, 6.45) is 2.64. The highest BCUT2D eigenvalue weighted by Crippen LogP contribution is 2.21. The molecule has 3 rings (SSSR count). The number of carbonyl (C=O) groups is 1. The van der Waals surface area contributed by atoms with Gasteiger partial charge >= 0.3 is 5.95 Å². The Morgan fingerprint density at radius 3 is 2.58 bits per heavy atom. The predicted octanol–water partition coefficient (Wildman–Crippen LogP) is 1.68. The van der Waals surface area contributed by atoms with Crippen LogP contribution in [0.15, 0.2) is 53.9 Å². The standard InChI is InChI=1S/C19H17N7O7/c1-32-17-7-2-13(8-14(17)10-24-12-20-19(23-24)26(30)31)9-21-22-18(27)11-33-16-5-3-15(4-6-16)25(28)29/h2-9,12H,10-11H2,1H3,(H,22,27)/b21-9-. The number of hydrazone groups is 1. The molecule has 0 aliphatic carbocycles. The van der Waals surface area contributed by atoms with Crippen LogP contribution in [0.1, 0.15) is 11.1 Å². The molecule has 0 bridgehead atoms. The third kappa shape index (κ3) is 6.30.